The molecule has 23 heavy (non-hydrogen) atoms. The number of carbonyl (C=O) groups is 2. The zero-order chi connectivity index (χ0) is 16.8. The van der Waals surface area contributed by atoms with Crippen molar-refractivity contribution in [3.63, 3.8) is 0 Å². The number of primary amides is 1. The van der Waals surface area contributed by atoms with Crippen molar-refractivity contribution in [1.29, 1.82) is 0 Å². The van der Waals surface area contributed by atoms with Gasteiger partial charge in [-0.2, -0.15) is 5.10 Å². The largest absolute Gasteiger partial charge is 0.483 e. The van der Waals surface area contributed by atoms with E-state index in [1.165, 1.54) is 0 Å². The van der Waals surface area contributed by atoms with E-state index in [1.807, 2.05) is 32.0 Å². The highest BCUT2D eigenvalue weighted by Crippen LogP contribution is 2.18. The van der Waals surface area contributed by atoms with Gasteiger partial charge in [0.1, 0.15) is 5.75 Å². The first-order valence-corrected chi connectivity index (χ1v) is 7.54. The minimum absolute atomic E-state index is 0.0888. The number of rotatable bonds is 4. The number of carbonyl (C=O) groups excluding carboxylic acids is 2. The number of hydrazone groups is 1. The molecule has 2 rings (SSSR count). The highest BCUT2D eigenvalue weighted by atomic mass is 16.5. The van der Waals surface area contributed by atoms with Gasteiger partial charge in [0, 0.05) is 31.6 Å². The molecule has 1 aliphatic heterocycles. The maximum absolute atomic E-state index is 11.8. The molecule has 3 amide bonds. The van der Waals surface area contributed by atoms with Crippen molar-refractivity contribution in [3.8, 4) is 5.75 Å². The van der Waals surface area contributed by atoms with Crippen LogP contribution in [0.5, 0.6) is 5.75 Å². The third-order valence-corrected chi connectivity index (χ3v) is 3.69. The lowest BCUT2D eigenvalue weighted by molar-refractivity contribution is -0.123. The molecule has 0 aromatic heterocycles. The summed E-state index contributed by atoms with van der Waals surface area (Å²) in [5.41, 5.74) is 10.6. The predicted molar refractivity (Wildman–Crippen MR) is 87.4 cm³/mol. The molecule has 1 fully saturated rings. The molecule has 3 N–H and O–H groups in total. The van der Waals surface area contributed by atoms with Crippen LogP contribution in [0.25, 0.3) is 0 Å². The van der Waals surface area contributed by atoms with Gasteiger partial charge in [0.15, 0.2) is 6.61 Å². The summed E-state index contributed by atoms with van der Waals surface area (Å²) in [5, 5.41) is 4.09. The molecule has 1 saturated heterocycles. The summed E-state index contributed by atoms with van der Waals surface area (Å²) in [4.78, 5) is 24.4. The van der Waals surface area contributed by atoms with Crippen molar-refractivity contribution in [3.05, 3.63) is 29.3 Å². The first kappa shape index (κ1) is 16.8. The number of benzene rings is 1. The molecule has 0 radical (unpaired) electrons. The van der Waals surface area contributed by atoms with Crippen LogP contribution in [-0.4, -0.2) is 42.2 Å². The number of ether oxygens (including phenoxy) is 1. The van der Waals surface area contributed by atoms with E-state index in [4.69, 9.17) is 10.5 Å². The van der Waals surface area contributed by atoms with Gasteiger partial charge in [0.25, 0.3) is 5.91 Å². The average Bonchev–Trinajstić information content (AvgIpc) is 2.54. The number of nitrogens with zero attached hydrogens (tertiary/aromatic N) is 2. The molecule has 7 nitrogen and oxygen atoms in total. The Morgan fingerprint density at radius 2 is 2.00 bits per heavy atom. The van der Waals surface area contributed by atoms with Gasteiger partial charge in [-0.15, -0.1) is 0 Å². The fraction of sp³-hybridized carbons (Fsp3) is 0.438. The molecule has 1 aromatic rings. The van der Waals surface area contributed by atoms with Crippen LogP contribution in [0.1, 0.15) is 24.0 Å². The van der Waals surface area contributed by atoms with Crippen LogP contribution >= 0.6 is 0 Å². The Morgan fingerprint density at radius 3 is 2.65 bits per heavy atom. The monoisotopic (exact) mass is 318 g/mol. The first-order chi connectivity index (χ1) is 11.0. The number of likely N-dealkylation sites (tertiary alicyclic amines) is 1. The van der Waals surface area contributed by atoms with Crippen molar-refractivity contribution in [2.75, 3.05) is 19.7 Å². The van der Waals surface area contributed by atoms with E-state index in [0.29, 0.717) is 31.7 Å². The lowest BCUT2D eigenvalue weighted by atomic mass is 10.1. The fourth-order valence-electron chi connectivity index (χ4n) is 2.28. The van der Waals surface area contributed by atoms with Crippen molar-refractivity contribution < 1.29 is 14.3 Å². The highest BCUT2D eigenvalue weighted by molar-refractivity contribution is 5.88. The third-order valence-electron chi connectivity index (χ3n) is 3.69. The van der Waals surface area contributed by atoms with Crippen LogP contribution in [0.2, 0.25) is 0 Å². The van der Waals surface area contributed by atoms with Gasteiger partial charge < -0.3 is 15.4 Å². The average molecular weight is 318 g/mol. The van der Waals surface area contributed by atoms with Gasteiger partial charge in [-0.05, 0) is 31.0 Å². The van der Waals surface area contributed by atoms with E-state index in [0.717, 1.165) is 16.8 Å². The summed E-state index contributed by atoms with van der Waals surface area (Å²) in [6, 6.07) is 5.42. The number of piperidine rings is 1. The van der Waals surface area contributed by atoms with Crippen LogP contribution in [-0.2, 0) is 4.79 Å². The van der Waals surface area contributed by atoms with Crippen molar-refractivity contribution >= 4 is 17.6 Å². The van der Waals surface area contributed by atoms with E-state index in [-0.39, 0.29) is 12.5 Å². The summed E-state index contributed by atoms with van der Waals surface area (Å²) in [7, 11) is 0. The van der Waals surface area contributed by atoms with Crippen LogP contribution < -0.4 is 15.9 Å². The van der Waals surface area contributed by atoms with Crippen LogP contribution in [0, 0.1) is 13.8 Å². The van der Waals surface area contributed by atoms with Gasteiger partial charge in [-0.3, -0.25) is 4.79 Å². The number of nitrogens with one attached hydrogen (secondary N) is 1. The molecular formula is C16H22N4O3. The second-order valence-electron chi connectivity index (χ2n) is 5.60. The minimum Gasteiger partial charge on any atom is -0.483 e. The van der Waals surface area contributed by atoms with Gasteiger partial charge >= 0.3 is 6.03 Å². The lowest BCUT2D eigenvalue weighted by Gasteiger charge is -2.25. The minimum atomic E-state index is -0.421. The zero-order valence-electron chi connectivity index (χ0n) is 13.5. The van der Waals surface area contributed by atoms with Crippen LogP contribution in [0.3, 0.4) is 0 Å². The Bertz CT molecular complexity index is 618. The molecule has 0 unspecified atom stereocenters. The molecule has 1 aromatic carbocycles. The van der Waals surface area contributed by atoms with E-state index in [1.54, 1.807) is 4.90 Å². The first-order valence-electron chi connectivity index (χ1n) is 7.54. The normalized spacial score (nSPS) is 14.3. The molecule has 0 saturated carbocycles. The second kappa shape index (κ2) is 7.62. The molecule has 0 atom stereocenters. The SMILES string of the molecule is Cc1ccc(C)c(OCC(=O)NN=C2CCN(C(N)=O)CC2)c1. The number of amides is 3. The standard InChI is InChI=1S/C16H22N4O3/c1-11-3-4-12(2)14(9-11)23-10-15(21)19-18-13-5-7-20(8-6-13)16(17)22/h3-4,9H,5-8,10H2,1-2H3,(H2,17,22)(H,19,21). The van der Waals surface area contributed by atoms with Gasteiger partial charge in [0.2, 0.25) is 0 Å². The summed E-state index contributed by atoms with van der Waals surface area (Å²) in [6.07, 6.45) is 1.22. The summed E-state index contributed by atoms with van der Waals surface area (Å²) in [6.45, 7) is 4.87. The van der Waals surface area contributed by atoms with Crippen LogP contribution in [0.4, 0.5) is 4.79 Å². The molecule has 0 aliphatic carbocycles. The number of hydrogen-bond acceptors (Lipinski definition) is 4. The van der Waals surface area contributed by atoms with E-state index < -0.39 is 6.03 Å². The summed E-state index contributed by atoms with van der Waals surface area (Å²) in [5.74, 6) is 0.387. The summed E-state index contributed by atoms with van der Waals surface area (Å²) >= 11 is 0. The van der Waals surface area contributed by atoms with E-state index in [2.05, 4.69) is 10.5 Å². The Morgan fingerprint density at radius 1 is 1.30 bits per heavy atom. The smallest absolute Gasteiger partial charge is 0.314 e. The number of nitrogens with two attached hydrogens (primary N) is 1. The third kappa shape index (κ3) is 4.98. The maximum Gasteiger partial charge on any atom is 0.314 e. The van der Waals surface area contributed by atoms with Gasteiger partial charge in [-0.1, -0.05) is 12.1 Å². The number of urea groups is 1. The van der Waals surface area contributed by atoms with Crippen molar-refractivity contribution in [2.45, 2.75) is 26.7 Å². The zero-order valence-corrected chi connectivity index (χ0v) is 13.5. The van der Waals surface area contributed by atoms with E-state index in [9.17, 15) is 9.59 Å². The second-order valence-corrected chi connectivity index (χ2v) is 5.60. The molecule has 0 bridgehead atoms. The molecule has 7 heteroatoms. The maximum atomic E-state index is 11.8. The molecule has 0 spiro atoms. The van der Waals surface area contributed by atoms with Crippen LogP contribution in [0.15, 0.2) is 23.3 Å². The number of hydrogen-bond donors (Lipinski definition) is 2. The Labute approximate surface area is 135 Å². The Hall–Kier alpha value is -2.57. The summed E-state index contributed by atoms with van der Waals surface area (Å²) < 4.78 is 5.52. The predicted octanol–water partition coefficient (Wildman–Crippen LogP) is 1.33. The van der Waals surface area contributed by atoms with Gasteiger partial charge in [-0.25, -0.2) is 10.2 Å². The highest BCUT2D eigenvalue weighted by Gasteiger charge is 2.17. The fourth-order valence-corrected chi connectivity index (χ4v) is 2.28. The molecule has 124 valence electrons. The van der Waals surface area contributed by atoms with Gasteiger partial charge in [0.05, 0.1) is 0 Å². The topological polar surface area (TPSA) is 97.0 Å². The Kier molecular flexibility index (Phi) is 5.56. The lowest BCUT2D eigenvalue weighted by Crippen LogP contribution is -2.42. The quantitative estimate of drug-likeness (QED) is 0.820. The van der Waals surface area contributed by atoms with E-state index >= 15 is 0 Å². The van der Waals surface area contributed by atoms with Crippen molar-refractivity contribution in [1.82, 2.24) is 10.3 Å². The molecular weight excluding hydrogens is 296 g/mol. The van der Waals surface area contributed by atoms with Crippen molar-refractivity contribution in [2.24, 2.45) is 10.8 Å². The number of aryl methyl sites for hydroxylation is 2. The Balaban J connectivity index is 1.78. The molecule has 1 aliphatic rings. The molecule has 1 heterocycles.